The number of anilines is 1. The summed E-state index contributed by atoms with van der Waals surface area (Å²) in [5.41, 5.74) is 2.87. The average Bonchev–Trinajstić information content (AvgIpc) is 3.29. The molecule has 0 amide bonds. The third-order valence-corrected chi connectivity index (χ3v) is 7.31. The predicted octanol–water partition coefficient (Wildman–Crippen LogP) is 3.64. The van der Waals surface area contributed by atoms with Gasteiger partial charge >= 0.3 is 0 Å². The molecule has 6 nitrogen and oxygen atoms in total. The summed E-state index contributed by atoms with van der Waals surface area (Å²) >= 11 is 1.63. The number of aromatic nitrogens is 2. The number of hydrogen-bond acceptors (Lipinski definition) is 6. The number of piperazine rings is 1. The molecule has 0 bridgehead atoms. The van der Waals surface area contributed by atoms with E-state index >= 15 is 0 Å². The van der Waals surface area contributed by atoms with Crippen LogP contribution in [0.25, 0.3) is 16.6 Å². The number of aryl methyl sites for hydroxylation is 1. The van der Waals surface area contributed by atoms with Crippen molar-refractivity contribution in [3.8, 4) is 10.6 Å². The van der Waals surface area contributed by atoms with Gasteiger partial charge in [-0.05, 0) is 42.1 Å². The van der Waals surface area contributed by atoms with E-state index in [-0.39, 0.29) is 0 Å². The molecule has 1 saturated heterocycles. The van der Waals surface area contributed by atoms with Crippen LogP contribution in [0, 0.1) is 6.92 Å². The summed E-state index contributed by atoms with van der Waals surface area (Å²) in [5.74, 6) is 0.776. The van der Waals surface area contributed by atoms with Gasteiger partial charge in [0, 0.05) is 31.6 Å². The van der Waals surface area contributed by atoms with Gasteiger partial charge in [0.05, 0.1) is 4.88 Å². The van der Waals surface area contributed by atoms with Crippen molar-refractivity contribution in [3.05, 3.63) is 70.4 Å². The van der Waals surface area contributed by atoms with Crippen LogP contribution in [0.15, 0.2) is 59.3 Å². The number of benzene rings is 1. The Bertz CT molecular complexity index is 1070. The Hall–Kier alpha value is -2.55. The van der Waals surface area contributed by atoms with Crippen LogP contribution in [0.3, 0.4) is 0 Å². The van der Waals surface area contributed by atoms with Crippen molar-refractivity contribution >= 4 is 33.3 Å². The summed E-state index contributed by atoms with van der Waals surface area (Å²) < 4.78 is 26.8. The summed E-state index contributed by atoms with van der Waals surface area (Å²) in [6.45, 7) is 4.03. The van der Waals surface area contributed by atoms with Gasteiger partial charge in [-0.2, -0.15) is 4.31 Å². The van der Waals surface area contributed by atoms with E-state index in [0.717, 1.165) is 27.5 Å². The molecule has 1 aliphatic rings. The molecule has 0 saturated carbocycles. The molecule has 0 atom stereocenters. The van der Waals surface area contributed by atoms with Crippen molar-refractivity contribution in [3.63, 3.8) is 0 Å². The Labute approximate surface area is 175 Å². The molecular weight excluding hydrogens is 404 g/mol. The van der Waals surface area contributed by atoms with Crippen LogP contribution in [0.4, 0.5) is 5.82 Å². The van der Waals surface area contributed by atoms with Crippen molar-refractivity contribution in [1.29, 1.82) is 0 Å². The Morgan fingerprint density at radius 2 is 1.72 bits per heavy atom. The lowest BCUT2D eigenvalue weighted by Gasteiger charge is -2.33. The van der Waals surface area contributed by atoms with E-state index in [9.17, 15) is 8.42 Å². The van der Waals surface area contributed by atoms with E-state index in [4.69, 9.17) is 0 Å². The van der Waals surface area contributed by atoms with E-state index in [1.165, 1.54) is 9.71 Å². The minimum absolute atomic E-state index is 0.426. The van der Waals surface area contributed by atoms with Crippen LogP contribution in [0.1, 0.15) is 11.1 Å². The first-order chi connectivity index (χ1) is 14.0. The van der Waals surface area contributed by atoms with Gasteiger partial charge in [-0.15, -0.1) is 21.5 Å². The number of sulfonamides is 1. The Morgan fingerprint density at radius 1 is 0.966 bits per heavy atom. The molecule has 2 aromatic heterocycles. The van der Waals surface area contributed by atoms with Crippen molar-refractivity contribution in [2.24, 2.45) is 0 Å². The highest BCUT2D eigenvalue weighted by Crippen LogP contribution is 2.23. The molecule has 0 radical (unpaired) electrons. The molecule has 1 fully saturated rings. The molecule has 8 heteroatoms. The summed E-state index contributed by atoms with van der Waals surface area (Å²) in [4.78, 5) is 3.15. The van der Waals surface area contributed by atoms with Crippen molar-refractivity contribution in [2.75, 3.05) is 31.1 Å². The van der Waals surface area contributed by atoms with Crippen LogP contribution in [0.5, 0.6) is 0 Å². The first-order valence-electron chi connectivity index (χ1n) is 9.39. The summed E-state index contributed by atoms with van der Waals surface area (Å²) in [6, 6.07) is 15.7. The van der Waals surface area contributed by atoms with E-state index in [2.05, 4.69) is 15.1 Å². The van der Waals surface area contributed by atoms with Gasteiger partial charge in [-0.1, -0.05) is 35.9 Å². The molecular formula is C21H22N4O2S2. The van der Waals surface area contributed by atoms with Crippen LogP contribution in [-0.2, 0) is 10.0 Å². The van der Waals surface area contributed by atoms with E-state index in [0.29, 0.717) is 26.2 Å². The smallest absolute Gasteiger partial charge is 0.236 e. The average molecular weight is 427 g/mol. The number of hydrogen-bond donors (Lipinski definition) is 0. The molecule has 0 unspecified atom stereocenters. The maximum atomic E-state index is 12.6. The zero-order chi connectivity index (χ0) is 20.3. The molecule has 1 aliphatic heterocycles. The molecule has 0 aliphatic carbocycles. The standard InChI is InChI=1S/C21H22N4O2S2/c1-17-4-6-18(7-5-17)10-16-29(26,27)25-13-11-24(12-14-25)21-9-8-19(22-23-21)20-3-2-15-28-20/h2-10,15-16H,11-14H2,1H3/b16-10+. The summed E-state index contributed by atoms with van der Waals surface area (Å²) in [6.07, 6.45) is 1.65. The first kappa shape index (κ1) is 19.8. The van der Waals surface area contributed by atoms with Gasteiger partial charge in [0.15, 0.2) is 5.82 Å². The minimum Gasteiger partial charge on any atom is -0.352 e. The normalized spacial score (nSPS) is 15.8. The van der Waals surface area contributed by atoms with Gasteiger partial charge < -0.3 is 4.90 Å². The third-order valence-electron chi connectivity index (χ3n) is 4.86. The van der Waals surface area contributed by atoms with Gasteiger partial charge in [0.1, 0.15) is 5.69 Å². The highest BCUT2D eigenvalue weighted by molar-refractivity contribution is 7.92. The minimum atomic E-state index is -3.44. The second-order valence-corrected chi connectivity index (χ2v) is 9.66. The number of rotatable bonds is 5. The lowest BCUT2D eigenvalue weighted by Crippen LogP contribution is -2.48. The maximum Gasteiger partial charge on any atom is 0.236 e. The van der Waals surface area contributed by atoms with Crippen LogP contribution in [-0.4, -0.2) is 49.1 Å². The van der Waals surface area contributed by atoms with Crippen LogP contribution < -0.4 is 4.90 Å². The lowest BCUT2D eigenvalue weighted by molar-refractivity contribution is 0.388. The van der Waals surface area contributed by atoms with Crippen LogP contribution in [0.2, 0.25) is 0 Å². The lowest BCUT2D eigenvalue weighted by atomic mass is 10.2. The highest BCUT2D eigenvalue weighted by atomic mass is 32.2. The Morgan fingerprint density at radius 3 is 2.34 bits per heavy atom. The molecule has 0 spiro atoms. The third kappa shape index (κ3) is 4.72. The number of thiophene rings is 1. The molecule has 150 valence electrons. The van der Waals surface area contributed by atoms with Gasteiger partial charge in [-0.25, -0.2) is 8.42 Å². The molecule has 1 aromatic carbocycles. The molecule has 4 rings (SSSR count). The molecule has 0 N–H and O–H groups in total. The fourth-order valence-electron chi connectivity index (χ4n) is 3.15. The predicted molar refractivity (Wildman–Crippen MR) is 118 cm³/mol. The summed E-state index contributed by atoms with van der Waals surface area (Å²) in [5, 5.41) is 11.9. The maximum absolute atomic E-state index is 12.6. The second-order valence-electron chi connectivity index (χ2n) is 6.90. The van der Waals surface area contributed by atoms with Crippen molar-refractivity contribution < 1.29 is 8.42 Å². The van der Waals surface area contributed by atoms with Crippen molar-refractivity contribution in [1.82, 2.24) is 14.5 Å². The SMILES string of the molecule is Cc1ccc(/C=C/S(=O)(=O)N2CCN(c3ccc(-c4cccs4)nn3)CC2)cc1. The summed E-state index contributed by atoms with van der Waals surface area (Å²) in [7, 11) is -3.44. The van der Waals surface area contributed by atoms with Crippen molar-refractivity contribution in [2.45, 2.75) is 6.92 Å². The largest absolute Gasteiger partial charge is 0.352 e. The zero-order valence-corrected chi connectivity index (χ0v) is 17.7. The molecule has 29 heavy (non-hydrogen) atoms. The fourth-order valence-corrected chi connectivity index (χ4v) is 5.01. The first-order valence-corrected chi connectivity index (χ1v) is 11.8. The van der Waals surface area contributed by atoms with E-state index in [1.54, 1.807) is 17.4 Å². The zero-order valence-electron chi connectivity index (χ0n) is 16.1. The second kappa shape index (κ2) is 8.44. The van der Waals surface area contributed by atoms with E-state index in [1.807, 2.05) is 60.8 Å². The van der Waals surface area contributed by atoms with Gasteiger partial charge in [-0.3, -0.25) is 0 Å². The fraction of sp³-hybridized carbons (Fsp3) is 0.238. The van der Waals surface area contributed by atoms with Gasteiger partial charge in [0.25, 0.3) is 0 Å². The highest BCUT2D eigenvalue weighted by Gasteiger charge is 2.25. The van der Waals surface area contributed by atoms with Gasteiger partial charge in [0.2, 0.25) is 10.0 Å². The van der Waals surface area contributed by atoms with E-state index < -0.39 is 10.0 Å². The molecule has 3 heterocycles. The van der Waals surface area contributed by atoms with Crippen LogP contribution >= 0.6 is 11.3 Å². The number of nitrogens with zero attached hydrogens (tertiary/aromatic N) is 4. The Balaban J connectivity index is 1.37. The Kier molecular flexibility index (Phi) is 5.75. The quantitative estimate of drug-likeness (QED) is 0.623. The molecule has 3 aromatic rings. The monoisotopic (exact) mass is 426 g/mol. The topological polar surface area (TPSA) is 66.4 Å².